The molecule has 7 nitrogen and oxygen atoms in total. The van der Waals surface area contributed by atoms with E-state index in [1.807, 2.05) is 25.3 Å². The summed E-state index contributed by atoms with van der Waals surface area (Å²) in [6.07, 6.45) is 6.20. The molecule has 2 aliphatic heterocycles. The number of hydrogen-bond donors (Lipinski definition) is 1. The normalized spacial score (nSPS) is 18.0. The van der Waals surface area contributed by atoms with Crippen molar-refractivity contribution in [1.82, 2.24) is 20.3 Å². The minimum Gasteiger partial charge on any atom is -0.491 e. The van der Waals surface area contributed by atoms with Crippen LogP contribution in [0.25, 0.3) is 0 Å². The molecule has 1 fully saturated rings. The van der Waals surface area contributed by atoms with Crippen LogP contribution in [0.4, 0.5) is 5.69 Å². The summed E-state index contributed by atoms with van der Waals surface area (Å²) >= 11 is 5.55. The average Bonchev–Trinajstić information content (AvgIpc) is 2.73. The molecule has 4 heterocycles. The summed E-state index contributed by atoms with van der Waals surface area (Å²) in [7, 11) is 0. The summed E-state index contributed by atoms with van der Waals surface area (Å²) in [4.78, 5) is 13.1. The van der Waals surface area contributed by atoms with E-state index in [0.717, 1.165) is 54.6 Å². The maximum Gasteiger partial charge on any atom is 0.189 e. The van der Waals surface area contributed by atoms with E-state index in [0.29, 0.717) is 18.1 Å². The summed E-state index contributed by atoms with van der Waals surface area (Å²) in [6, 6.07) is 6.00. The molecule has 0 unspecified atom stereocenters. The lowest BCUT2D eigenvalue weighted by Crippen LogP contribution is -2.51. The largest absolute Gasteiger partial charge is 0.491 e. The minimum atomic E-state index is 0.608. The van der Waals surface area contributed by atoms with E-state index < -0.39 is 0 Å². The van der Waals surface area contributed by atoms with Crippen molar-refractivity contribution in [2.24, 2.45) is 5.10 Å². The van der Waals surface area contributed by atoms with E-state index in [1.54, 1.807) is 12.4 Å². The Kier molecular flexibility index (Phi) is 5.15. The maximum atomic E-state index is 5.74. The van der Waals surface area contributed by atoms with Gasteiger partial charge in [0.05, 0.1) is 24.2 Å². The van der Waals surface area contributed by atoms with Gasteiger partial charge in [-0.25, -0.2) is 0 Å². The molecule has 0 aromatic carbocycles. The van der Waals surface area contributed by atoms with E-state index in [9.17, 15) is 0 Å². The molecular weight excluding hydrogens is 360 g/mol. The summed E-state index contributed by atoms with van der Waals surface area (Å²) in [5, 5.41) is 5.18. The Morgan fingerprint density at radius 2 is 2.07 bits per heavy atom. The molecule has 0 bridgehead atoms. The van der Waals surface area contributed by atoms with Crippen LogP contribution in [0, 0.1) is 6.92 Å². The van der Waals surface area contributed by atoms with Gasteiger partial charge in [-0.05, 0) is 42.9 Å². The number of piperazine rings is 1. The quantitative estimate of drug-likeness (QED) is 0.629. The van der Waals surface area contributed by atoms with Crippen LogP contribution in [0.5, 0.6) is 5.75 Å². The van der Waals surface area contributed by atoms with Gasteiger partial charge in [-0.3, -0.25) is 15.4 Å². The number of aromatic nitrogens is 2. The van der Waals surface area contributed by atoms with Crippen molar-refractivity contribution in [1.29, 1.82) is 0 Å². The van der Waals surface area contributed by atoms with E-state index in [2.05, 4.69) is 36.4 Å². The SMILES string of the molecule is Cc1ccnc2c1OCC/C2=N/NC(=S)N1CCN(c2cccnc2)CC1. The zero-order chi connectivity index (χ0) is 18.6. The molecule has 2 aliphatic rings. The number of rotatable bonds is 2. The smallest absolute Gasteiger partial charge is 0.189 e. The van der Waals surface area contributed by atoms with Crippen LogP contribution in [0.2, 0.25) is 0 Å². The Balaban J connectivity index is 1.37. The summed E-state index contributed by atoms with van der Waals surface area (Å²) in [5.74, 6) is 0.820. The van der Waals surface area contributed by atoms with Gasteiger partial charge in [-0.1, -0.05) is 0 Å². The Labute approximate surface area is 164 Å². The average molecular weight is 382 g/mol. The minimum absolute atomic E-state index is 0.608. The highest BCUT2D eigenvalue weighted by Gasteiger charge is 2.22. The molecule has 1 saturated heterocycles. The van der Waals surface area contributed by atoms with Gasteiger partial charge in [0, 0.05) is 45.0 Å². The predicted molar refractivity (Wildman–Crippen MR) is 109 cm³/mol. The number of hydrazone groups is 1. The molecule has 4 rings (SSSR count). The van der Waals surface area contributed by atoms with Gasteiger partial charge in [0.2, 0.25) is 0 Å². The number of nitrogens with one attached hydrogen (secondary N) is 1. The highest BCUT2D eigenvalue weighted by atomic mass is 32.1. The zero-order valence-corrected chi connectivity index (χ0v) is 16.1. The van der Waals surface area contributed by atoms with Crippen LogP contribution in [0.1, 0.15) is 17.7 Å². The topological polar surface area (TPSA) is 65.9 Å². The van der Waals surface area contributed by atoms with Gasteiger partial charge in [-0.2, -0.15) is 5.10 Å². The van der Waals surface area contributed by atoms with E-state index in [4.69, 9.17) is 17.0 Å². The van der Waals surface area contributed by atoms with Crippen molar-refractivity contribution in [2.45, 2.75) is 13.3 Å². The lowest BCUT2D eigenvalue weighted by Gasteiger charge is -2.36. The van der Waals surface area contributed by atoms with Crippen LogP contribution in [-0.4, -0.2) is 58.5 Å². The molecule has 1 N–H and O–H groups in total. The second kappa shape index (κ2) is 7.87. The molecule has 0 radical (unpaired) electrons. The number of ether oxygens (including phenoxy) is 1. The lowest BCUT2D eigenvalue weighted by molar-refractivity contribution is 0.315. The molecule has 0 spiro atoms. The van der Waals surface area contributed by atoms with Crippen molar-refractivity contribution in [3.05, 3.63) is 48.0 Å². The van der Waals surface area contributed by atoms with Gasteiger partial charge >= 0.3 is 0 Å². The van der Waals surface area contributed by atoms with Crippen LogP contribution >= 0.6 is 12.2 Å². The first-order valence-electron chi connectivity index (χ1n) is 9.07. The number of aryl methyl sites for hydroxylation is 1. The number of hydrogen-bond acceptors (Lipinski definition) is 6. The fourth-order valence-electron chi connectivity index (χ4n) is 3.30. The monoisotopic (exact) mass is 382 g/mol. The number of fused-ring (bicyclic) bond motifs is 1. The standard InChI is InChI=1S/C19H22N6OS/c1-14-4-7-21-17-16(5-12-26-18(14)17)22-23-19(27)25-10-8-24(9-11-25)15-3-2-6-20-13-15/h2-4,6-7,13H,5,8-12H2,1H3,(H,23,27)/b22-16-. The van der Waals surface area contributed by atoms with Crippen molar-refractivity contribution in [3.63, 3.8) is 0 Å². The van der Waals surface area contributed by atoms with E-state index in [-0.39, 0.29) is 0 Å². The summed E-state index contributed by atoms with van der Waals surface area (Å²) < 4.78 is 5.74. The van der Waals surface area contributed by atoms with Gasteiger partial charge < -0.3 is 14.5 Å². The van der Waals surface area contributed by atoms with Crippen LogP contribution in [0.3, 0.4) is 0 Å². The van der Waals surface area contributed by atoms with Crippen molar-refractivity contribution < 1.29 is 4.74 Å². The number of pyridine rings is 2. The second-order valence-electron chi connectivity index (χ2n) is 6.56. The van der Waals surface area contributed by atoms with Crippen LogP contribution in [-0.2, 0) is 0 Å². The van der Waals surface area contributed by atoms with Gasteiger partial charge in [0.1, 0.15) is 11.4 Å². The van der Waals surface area contributed by atoms with E-state index in [1.165, 1.54) is 0 Å². The predicted octanol–water partition coefficient (Wildman–Crippen LogP) is 1.97. The fourth-order valence-corrected chi connectivity index (χ4v) is 3.53. The number of nitrogens with zero attached hydrogens (tertiary/aromatic N) is 5. The Morgan fingerprint density at radius 3 is 2.85 bits per heavy atom. The first-order chi connectivity index (χ1) is 13.2. The Bertz CT molecular complexity index is 849. The zero-order valence-electron chi connectivity index (χ0n) is 15.3. The Morgan fingerprint density at radius 1 is 1.22 bits per heavy atom. The summed E-state index contributed by atoms with van der Waals surface area (Å²) in [5.41, 5.74) is 6.97. The van der Waals surface area contributed by atoms with E-state index >= 15 is 0 Å². The second-order valence-corrected chi connectivity index (χ2v) is 6.95. The number of thiocarbonyl (C=S) groups is 1. The van der Waals surface area contributed by atoms with Gasteiger partial charge in [0.15, 0.2) is 5.11 Å². The van der Waals surface area contributed by atoms with Crippen LogP contribution < -0.4 is 15.1 Å². The molecule has 0 saturated carbocycles. The molecule has 140 valence electrons. The number of anilines is 1. The molecule has 0 amide bonds. The van der Waals surface area contributed by atoms with Crippen molar-refractivity contribution >= 4 is 28.7 Å². The lowest BCUT2D eigenvalue weighted by atomic mass is 10.1. The third-order valence-corrected chi connectivity index (χ3v) is 5.17. The van der Waals surface area contributed by atoms with Crippen LogP contribution in [0.15, 0.2) is 41.9 Å². The molecular formula is C19H22N6OS. The first-order valence-corrected chi connectivity index (χ1v) is 9.48. The summed E-state index contributed by atoms with van der Waals surface area (Å²) in [6.45, 7) is 6.13. The van der Waals surface area contributed by atoms with Crippen molar-refractivity contribution in [2.75, 3.05) is 37.7 Å². The van der Waals surface area contributed by atoms with Gasteiger partial charge in [0.25, 0.3) is 0 Å². The molecule has 0 atom stereocenters. The molecule has 2 aromatic rings. The fraction of sp³-hybridized carbons (Fsp3) is 0.368. The highest BCUT2D eigenvalue weighted by molar-refractivity contribution is 7.80. The highest BCUT2D eigenvalue weighted by Crippen LogP contribution is 2.26. The molecule has 27 heavy (non-hydrogen) atoms. The van der Waals surface area contributed by atoms with Gasteiger partial charge in [-0.15, -0.1) is 0 Å². The molecule has 0 aliphatic carbocycles. The first kappa shape index (κ1) is 17.7. The molecule has 8 heteroatoms. The molecule has 2 aromatic heterocycles. The third kappa shape index (κ3) is 3.85. The third-order valence-electron chi connectivity index (χ3n) is 4.82. The Hall–Kier alpha value is -2.74. The van der Waals surface area contributed by atoms with Crippen molar-refractivity contribution in [3.8, 4) is 5.75 Å². The maximum absolute atomic E-state index is 5.74.